The van der Waals surface area contributed by atoms with E-state index >= 15 is 0 Å². The van der Waals surface area contributed by atoms with Crippen molar-refractivity contribution in [2.45, 2.75) is 24.4 Å². The van der Waals surface area contributed by atoms with Gasteiger partial charge in [0.15, 0.2) is 0 Å². The van der Waals surface area contributed by atoms with Crippen LogP contribution < -0.4 is 9.62 Å². The van der Waals surface area contributed by atoms with Crippen molar-refractivity contribution in [2.75, 3.05) is 17.9 Å². The normalized spacial score (nSPS) is 12.0. The predicted octanol–water partition coefficient (Wildman–Crippen LogP) is 3.95. The van der Waals surface area contributed by atoms with Crippen molar-refractivity contribution in [3.05, 3.63) is 94.7 Å². The molecule has 3 aromatic carbocycles. The number of halogens is 2. The number of carbonyl (C=O) groups excluding carboxylic acids is 2. The van der Waals surface area contributed by atoms with Crippen molar-refractivity contribution in [3.63, 3.8) is 0 Å². The van der Waals surface area contributed by atoms with Gasteiger partial charge in [0.25, 0.3) is 10.0 Å². The van der Waals surface area contributed by atoms with E-state index < -0.39 is 40.2 Å². The van der Waals surface area contributed by atoms with Crippen LogP contribution in [0.5, 0.6) is 0 Å². The maximum atomic E-state index is 13.6. The molecule has 0 fully saturated rings. The molecule has 0 radical (unpaired) electrons. The summed E-state index contributed by atoms with van der Waals surface area (Å²) in [5.41, 5.74) is 0.886. The number of nitrogens with zero attached hydrogens (tertiary/aromatic N) is 2. The molecule has 35 heavy (non-hydrogen) atoms. The van der Waals surface area contributed by atoms with Gasteiger partial charge in [-0.1, -0.05) is 46.3 Å². The van der Waals surface area contributed by atoms with E-state index in [-0.39, 0.29) is 17.1 Å². The second-order valence-corrected chi connectivity index (χ2v) is 10.5. The van der Waals surface area contributed by atoms with Crippen molar-refractivity contribution in [1.29, 1.82) is 0 Å². The smallest absolute Gasteiger partial charge is 0.264 e. The zero-order chi connectivity index (χ0) is 25.6. The Bertz CT molecular complexity index is 1270. The Kier molecular flexibility index (Phi) is 8.63. The Morgan fingerprint density at radius 2 is 1.57 bits per heavy atom. The standard InChI is InChI=1S/C25H25BrFN3O4S/c1-18(25(32)28-2)29(16-19-8-10-20(26)11-9-19)24(31)17-30(22-14-12-21(27)13-15-22)35(33,34)23-6-4-3-5-7-23/h3-15,18H,16-17H2,1-2H3,(H,28,32)/t18-/m1/s1. The summed E-state index contributed by atoms with van der Waals surface area (Å²) in [5.74, 6) is -1.52. The predicted molar refractivity (Wildman–Crippen MR) is 136 cm³/mol. The number of likely N-dealkylation sites (N-methyl/N-ethyl adjacent to an activating group) is 1. The van der Waals surface area contributed by atoms with Crippen molar-refractivity contribution < 1.29 is 22.4 Å². The molecule has 7 nitrogen and oxygen atoms in total. The van der Waals surface area contributed by atoms with Crippen LogP contribution in [0.4, 0.5) is 10.1 Å². The first kappa shape index (κ1) is 26.4. The number of hydrogen-bond donors (Lipinski definition) is 1. The highest BCUT2D eigenvalue weighted by atomic mass is 79.9. The molecule has 0 aliphatic carbocycles. The molecule has 0 aliphatic heterocycles. The number of rotatable bonds is 9. The van der Waals surface area contributed by atoms with Gasteiger partial charge in [0.2, 0.25) is 11.8 Å². The Balaban J connectivity index is 2.00. The lowest BCUT2D eigenvalue weighted by atomic mass is 10.1. The molecule has 0 aromatic heterocycles. The molecular formula is C25H25BrFN3O4S. The molecule has 2 amide bonds. The van der Waals surface area contributed by atoms with Gasteiger partial charge in [-0.15, -0.1) is 0 Å². The average Bonchev–Trinajstić information content (AvgIpc) is 2.87. The topological polar surface area (TPSA) is 86.8 Å². The summed E-state index contributed by atoms with van der Waals surface area (Å²) >= 11 is 3.37. The van der Waals surface area contributed by atoms with E-state index in [1.54, 1.807) is 37.3 Å². The third-order valence-corrected chi connectivity index (χ3v) is 7.72. The lowest BCUT2D eigenvalue weighted by Gasteiger charge is -2.31. The summed E-state index contributed by atoms with van der Waals surface area (Å²) in [6.07, 6.45) is 0. The Morgan fingerprint density at radius 1 is 0.971 bits per heavy atom. The summed E-state index contributed by atoms with van der Waals surface area (Å²) in [5, 5.41) is 2.53. The molecule has 0 bridgehead atoms. The Labute approximate surface area is 212 Å². The van der Waals surface area contributed by atoms with E-state index in [1.165, 1.54) is 36.2 Å². The second kappa shape index (κ2) is 11.5. The summed E-state index contributed by atoms with van der Waals surface area (Å²) in [7, 11) is -2.70. The molecule has 0 heterocycles. The monoisotopic (exact) mass is 561 g/mol. The van der Waals surface area contributed by atoms with Gasteiger partial charge < -0.3 is 10.2 Å². The van der Waals surface area contributed by atoms with Crippen molar-refractivity contribution in [2.24, 2.45) is 0 Å². The molecule has 3 rings (SSSR count). The van der Waals surface area contributed by atoms with Gasteiger partial charge in [-0.2, -0.15) is 0 Å². The van der Waals surface area contributed by atoms with Gasteiger partial charge in [0.05, 0.1) is 10.6 Å². The summed E-state index contributed by atoms with van der Waals surface area (Å²) < 4.78 is 42.4. The van der Waals surface area contributed by atoms with Crippen LogP contribution in [0.1, 0.15) is 12.5 Å². The second-order valence-electron chi connectivity index (χ2n) is 7.74. The highest BCUT2D eigenvalue weighted by Crippen LogP contribution is 2.25. The fraction of sp³-hybridized carbons (Fsp3) is 0.200. The number of hydrogen-bond acceptors (Lipinski definition) is 4. The molecule has 3 aromatic rings. The molecule has 1 atom stereocenters. The Morgan fingerprint density at radius 3 is 2.14 bits per heavy atom. The quantitative estimate of drug-likeness (QED) is 0.428. The number of carbonyl (C=O) groups is 2. The fourth-order valence-corrected chi connectivity index (χ4v) is 5.13. The van der Waals surface area contributed by atoms with Crippen LogP contribution in [0.15, 0.2) is 88.2 Å². The minimum atomic E-state index is -4.17. The van der Waals surface area contributed by atoms with Gasteiger partial charge in [-0.05, 0) is 61.0 Å². The molecule has 0 saturated carbocycles. The summed E-state index contributed by atoms with van der Waals surface area (Å²) in [4.78, 5) is 27.3. The number of sulfonamides is 1. The first-order valence-electron chi connectivity index (χ1n) is 10.7. The lowest BCUT2D eigenvalue weighted by molar-refractivity contribution is -0.139. The third-order valence-electron chi connectivity index (χ3n) is 5.40. The van der Waals surface area contributed by atoms with Crippen LogP contribution in [0.2, 0.25) is 0 Å². The first-order chi connectivity index (χ1) is 16.6. The fourth-order valence-electron chi connectivity index (χ4n) is 3.43. The first-order valence-corrected chi connectivity index (χ1v) is 13.0. The van der Waals surface area contributed by atoms with E-state index in [4.69, 9.17) is 0 Å². The van der Waals surface area contributed by atoms with Gasteiger partial charge in [-0.3, -0.25) is 13.9 Å². The van der Waals surface area contributed by atoms with Crippen LogP contribution in [-0.4, -0.2) is 44.8 Å². The number of amides is 2. The van der Waals surface area contributed by atoms with Crippen LogP contribution >= 0.6 is 15.9 Å². The van der Waals surface area contributed by atoms with Crippen LogP contribution in [-0.2, 0) is 26.2 Å². The molecule has 0 unspecified atom stereocenters. The maximum Gasteiger partial charge on any atom is 0.264 e. The molecule has 10 heteroatoms. The summed E-state index contributed by atoms with van der Waals surface area (Å²) in [6, 6.07) is 18.9. The average molecular weight is 562 g/mol. The minimum Gasteiger partial charge on any atom is -0.357 e. The van der Waals surface area contributed by atoms with Crippen LogP contribution in [0, 0.1) is 5.82 Å². The van der Waals surface area contributed by atoms with E-state index in [1.807, 2.05) is 12.1 Å². The zero-order valence-electron chi connectivity index (χ0n) is 19.2. The maximum absolute atomic E-state index is 13.6. The number of benzene rings is 3. The SMILES string of the molecule is CNC(=O)[C@@H](C)N(Cc1ccc(Br)cc1)C(=O)CN(c1ccc(F)cc1)S(=O)(=O)c1ccccc1. The van der Waals surface area contributed by atoms with Gasteiger partial charge in [-0.25, -0.2) is 12.8 Å². The largest absolute Gasteiger partial charge is 0.357 e. The molecule has 184 valence electrons. The van der Waals surface area contributed by atoms with Crippen molar-refractivity contribution >= 4 is 43.5 Å². The molecular weight excluding hydrogens is 537 g/mol. The van der Waals surface area contributed by atoms with Crippen LogP contribution in [0.25, 0.3) is 0 Å². The molecule has 0 aliphatic rings. The van der Waals surface area contributed by atoms with Crippen molar-refractivity contribution in [3.8, 4) is 0 Å². The van der Waals surface area contributed by atoms with Gasteiger partial charge >= 0.3 is 0 Å². The highest BCUT2D eigenvalue weighted by molar-refractivity contribution is 9.10. The number of anilines is 1. The van der Waals surface area contributed by atoms with E-state index in [0.717, 1.165) is 26.5 Å². The minimum absolute atomic E-state index is 0.0177. The van der Waals surface area contributed by atoms with Gasteiger partial charge in [0, 0.05) is 18.1 Å². The number of nitrogens with one attached hydrogen (secondary N) is 1. The van der Waals surface area contributed by atoms with Gasteiger partial charge in [0.1, 0.15) is 18.4 Å². The zero-order valence-corrected chi connectivity index (χ0v) is 21.6. The van der Waals surface area contributed by atoms with Crippen LogP contribution in [0.3, 0.4) is 0 Å². The van der Waals surface area contributed by atoms with E-state index in [2.05, 4.69) is 21.2 Å². The third kappa shape index (κ3) is 6.46. The molecule has 0 saturated heterocycles. The van der Waals surface area contributed by atoms with E-state index in [0.29, 0.717) is 0 Å². The molecule has 0 spiro atoms. The van der Waals surface area contributed by atoms with Crippen molar-refractivity contribution in [1.82, 2.24) is 10.2 Å². The Hall–Kier alpha value is -3.24. The molecule has 1 N–H and O–H groups in total. The van der Waals surface area contributed by atoms with E-state index in [9.17, 15) is 22.4 Å². The summed E-state index contributed by atoms with van der Waals surface area (Å²) in [6.45, 7) is 1.08. The highest BCUT2D eigenvalue weighted by Gasteiger charge is 2.32. The lowest BCUT2D eigenvalue weighted by Crippen LogP contribution is -2.50.